The van der Waals surface area contributed by atoms with E-state index in [1.54, 1.807) is 0 Å². The third kappa shape index (κ3) is 4.49. The normalized spacial score (nSPS) is 13.6. The van der Waals surface area contributed by atoms with Gasteiger partial charge in [-0.1, -0.05) is 6.08 Å². The fourth-order valence-corrected chi connectivity index (χ4v) is 0.610. The molecule has 5 nitrogen and oxygen atoms in total. The van der Waals surface area contributed by atoms with Gasteiger partial charge < -0.3 is 15.9 Å². The Morgan fingerprint density at radius 3 is 2.15 bits per heavy atom. The van der Waals surface area contributed by atoms with Crippen LogP contribution in [0.2, 0.25) is 0 Å². The van der Waals surface area contributed by atoms with Crippen LogP contribution < -0.4 is 5.73 Å². The summed E-state index contributed by atoms with van der Waals surface area (Å²) in [6.07, 6.45) is 0.605. The number of nitrogens with two attached hydrogens (primary N) is 1. The zero-order valence-electron chi connectivity index (χ0n) is 6.90. The average molecular weight is 210 g/mol. The van der Waals surface area contributed by atoms with Crippen LogP contribution in [-0.2, 0) is 9.59 Å². The van der Waals surface area contributed by atoms with E-state index in [2.05, 4.69) is 6.58 Å². The lowest BCUT2D eigenvalue weighted by molar-refractivity contribution is -0.142. The molecule has 0 aliphatic carbocycles. The summed E-state index contributed by atoms with van der Waals surface area (Å²) < 4.78 is 0. The van der Waals surface area contributed by atoms with Crippen molar-refractivity contribution < 1.29 is 19.8 Å². The maximum Gasteiger partial charge on any atom is 0.327 e. The fraction of sp³-hybridized carbons (Fsp3) is 0.429. The van der Waals surface area contributed by atoms with Gasteiger partial charge in [-0.2, -0.15) is 0 Å². The molecule has 0 radical (unpaired) electrons. The van der Waals surface area contributed by atoms with Crippen molar-refractivity contribution in [3.8, 4) is 0 Å². The van der Waals surface area contributed by atoms with E-state index < -0.39 is 17.5 Å². The highest BCUT2D eigenvalue weighted by atomic mass is 35.5. The smallest absolute Gasteiger partial charge is 0.327 e. The third-order valence-electron chi connectivity index (χ3n) is 1.51. The highest BCUT2D eigenvalue weighted by Crippen LogP contribution is 2.10. The van der Waals surface area contributed by atoms with Gasteiger partial charge in [0.25, 0.3) is 0 Å². The second kappa shape index (κ2) is 5.55. The molecule has 0 heterocycles. The molecule has 0 saturated carbocycles. The van der Waals surface area contributed by atoms with E-state index >= 15 is 0 Å². The Bertz CT molecular complexity index is 219. The number of hydrogen-bond acceptors (Lipinski definition) is 3. The first kappa shape index (κ1) is 14.5. The summed E-state index contributed by atoms with van der Waals surface area (Å²) in [6.45, 7) is 3.23. The van der Waals surface area contributed by atoms with Crippen LogP contribution in [0.4, 0.5) is 0 Å². The van der Waals surface area contributed by atoms with Crippen LogP contribution in [-0.4, -0.2) is 27.7 Å². The number of carboxylic acid groups (broad SMARTS) is 2. The molecule has 4 N–H and O–H groups in total. The maximum absolute atomic E-state index is 10.5. The monoisotopic (exact) mass is 209 g/mol. The lowest BCUT2D eigenvalue weighted by atomic mass is 9.95. The first-order valence-corrected chi connectivity index (χ1v) is 3.30. The van der Waals surface area contributed by atoms with Crippen LogP contribution in [0.5, 0.6) is 0 Å². The summed E-state index contributed by atoms with van der Waals surface area (Å²) in [7, 11) is 0. The maximum atomic E-state index is 10.5. The number of hydrogen-bond donors (Lipinski definition) is 3. The Kier molecular flexibility index (Phi) is 6.18. The van der Waals surface area contributed by atoms with Crippen molar-refractivity contribution in [2.75, 3.05) is 0 Å². The van der Waals surface area contributed by atoms with E-state index in [1.807, 2.05) is 0 Å². The third-order valence-corrected chi connectivity index (χ3v) is 1.51. The highest BCUT2D eigenvalue weighted by molar-refractivity contribution is 5.85. The highest BCUT2D eigenvalue weighted by Gasteiger charge is 2.30. The van der Waals surface area contributed by atoms with Gasteiger partial charge in [-0.3, -0.25) is 4.79 Å². The van der Waals surface area contributed by atoms with Gasteiger partial charge in [0.15, 0.2) is 0 Å². The molecule has 13 heavy (non-hydrogen) atoms. The molecule has 0 amide bonds. The Balaban J connectivity index is 0. The minimum absolute atomic E-state index is 0. The van der Waals surface area contributed by atoms with Crippen LogP contribution in [0.3, 0.4) is 0 Å². The molecule has 0 aliphatic heterocycles. The number of aliphatic carboxylic acids is 2. The van der Waals surface area contributed by atoms with Crippen molar-refractivity contribution >= 4 is 24.3 Å². The zero-order chi connectivity index (χ0) is 9.78. The summed E-state index contributed by atoms with van der Waals surface area (Å²) in [5, 5.41) is 16.8. The summed E-state index contributed by atoms with van der Waals surface area (Å²) in [6, 6.07) is 0. The van der Waals surface area contributed by atoms with Crippen LogP contribution in [0.1, 0.15) is 12.8 Å². The first-order valence-electron chi connectivity index (χ1n) is 3.30. The zero-order valence-corrected chi connectivity index (χ0v) is 7.71. The van der Waals surface area contributed by atoms with Gasteiger partial charge in [0.2, 0.25) is 0 Å². The molecule has 0 aromatic heterocycles. The standard InChI is InChI=1S/C7H11NO4.ClH/c1-2-7(8,6(11)12)4-3-5(9)10;/h2H,1,3-4,8H2,(H,9,10)(H,11,12);1H/t7-;/m0./s1. The van der Waals surface area contributed by atoms with Crippen molar-refractivity contribution in [3.05, 3.63) is 12.7 Å². The molecule has 0 aromatic carbocycles. The lowest BCUT2D eigenvalue weighted by Crippen LogP contribution is -2.46. The summed E-state index contributed by atoms with van der Waals surface area (Å²) >= 11 is 0. The molecule has 6 heteroatoms. The van der Waals surface area contributed by atoms with Gasteiger partial charge >= 0.3 is 11.9 Å². The Morgan fingerprint density at radius 1 is 1.46 bits per heavy atom. The molecule has 0 fully saturated rings. The molecular formula is C7H12ClNO4. The molecule has 0 aromatic rings. The Morgan fingerprint density at radius 2 is 1.92 bits per heavy atom. The van der Waals surface area contributed by atoms with Gasteiger partial charge in [0.1, 0.15) is 5.54 Å². The lowest BCUT2D eigenvalue weighted by Gasteiger charge is -2.18. The van der Waals surface area contributed by atoms with Crippen LogP contribution in [0, 0.1) is 0 Å². The van der Waals surface area contributed by atoms with Crippen molar-refractivity contribution in [3.63, 3.8) is 0 Å². The molecule has 0 spiro atoms. The number of halogens is 1. The minimum Gasteiger partial charge on any atom is -0.481 e. The van der Waals surface area contributed by atoms with Gasteiger partial charge in [-0.25, -0.2) is 4.79 Å². The van der Waals surface area contributed by atoms with E-state index in [0.29, 0.717) is 0 Å². The summed E-state index contributed by atoms with van der Waals surface area (Å²) in [4.78, 5) is 20.6. The first-order chi connectivity index (χ1) is 5.42. The van der Waals surface area contributed by atoms with Gasteiger partial charge in [-0.05, 0) is 6.42 Å². The van der Waals surface area contributed by atoms with Gasteiger partial charge in [0, 0.05) is 6.42 Å². The predicted octanol–water partition coefficient (Wildman–Crippen LogP) is 0.241. The van der Waals surface area contributed by atoms with Crippen molar-refractivity contribution in [1.82, 2.24) is 0 Å². The van der Waals surface area contributed by atoms with Crippen molar-refractivity contribution in [2.45, 2.75) is 18.4 Å². The van der Waals surface area contributed by atoms with Crippen molar-refractivity contribution in [2.24, 2.45) is 5.73 Å². The molecule has 0 rings (SSSR count). The van der Waals surface area contributed by atoms with Crippen molar-refractivity contribution in [1.29, 1.82) is 0 Å². The number of carbonyl (C=O) groups is 2. The average Bonchev–Trinajstić information content (AvgIpc) is 1.99. The number of carboxylic acids is 2. The van der Waals surface area contributed by atoms with E-state index in [4.69, 9.17) is 15.9 Å². The largest absolute Gasteiger partial charge is 0.481 e. The topological polar surface area (TPSA) is 101 Å². The molecule has 0 unspecified atom stereocenters. The summed E-state index contributed by atoms with van der Waals surface area (Å²) in [5.74, 6) is -2.34. The van der Waals surface area contributed by atoms with Crippen LogP contribution in [0.25, 0.3) is 0 Å². The molecule has 1 atom stereocenters. The van der Waals surface area contributed by atoms with E-state index in [-0.39, 0.29) is 25.2 Å². The number of rotatable bonds is 5. The molecule has 0 saturated heterocycles. The molecular weight excluding hydrogens is 198 g/mol. The van der Waals surface area contributed by atoms with E-state index in [0.717, 1.165) is 6.08 Å². The van der Waals surface area contributed by atoms with Gasteiger partial charge in [-0.15, -0.1) is 19.0 Å². The predicted molar refractivity (Wildman–Crippen MR) is 48.9 cm³/mol. The quantitative estimate of drug-likeness (QED) is 0.563. The molecule has 0 bridgehead atoms. The van der Waals surface area contributed by atoms with Crippen LogP contribution in [0.15, 0.2) is 12.7 Å². The molecule has 76 valence electrons. The minimum atomic E-state index is -1.63. The SMILES string of the molecule is C=C[C@](N)(CCC(=O)O)C(=O)O.Cl. The summed E-state index contributed by atoms with van der Waals surface area (Å²) in [5.41, 5.74) is 3.68. The second-order valence-corrected chi connectivity index (χ2v) is 2.44. The van der Waals surface area contributed by atoms with E-state index in [1.165, 1.54) is 0 Å². The Hall–Kier alpha value is -1.07. The molecule has 0 aliphatic rings. The van der Waals surface area contributed by atoms with Gasteiger partial charge in [0.05, 0.1) is 0 Å². The van der Waals surface area contributed by atoms with Crippen LogP contribution >= 0.6 is 12.4 Å². The fourth-order valence-electron chi connectivity index (χ4n) is 0.610. The second-order valence-electron chi connectivity index (χ2n) is 2.44. The Labute approximate surface area is 81.6 Å². The van der Waals surface area contributed by atoms with E-state index in [9.17, 15) is 9.59 Å².